The fourth-order valence-electron chi connectivity index (χ4n) is 2.25. The summed E-state index contributed by atoms with van der Waals surface area (Å²) < 4.78 is 5.08. The van der Waals surface area contributed by atoms with E-state index < -0.39 is 0 Å². The first-order chi connectivity index (χ1) is 12.3. The standard InChI is InChI=1S/C20H25N3O3/c1-20(2,3)23-19(25)14-6-5-7-16(12-14)21-13-18(24)22-15-8-10-17(26-4)11-9-15/h5-12,21H,13H2,1-4H3,(H,22,24)(H,23,25). The van der Waals surface area contributed by atoms with Crippen LogP contribution < -0.4 is 20.7 Å². The van der Waals surface area contributed by atoms with E-state index in [0.717, 1.165) is 5.75 Å². The summed E-state index contributed by atoms with van der Waals surface area (Å²) in [6.45, 7) is 5.87. The Kier molecular flexibility index (Phi) is 6.22. The fraction of sp³-hybridized carbons (Fsp3) is 0.300. The molecule has 0 heterocycles. The lowest BCUT2D eigenvalue weighted by Gasteiger charge is -2.20. The van der Waals surface area contributed by atoms with Gasteiger partial charge in [-0.3, -0.25) is 9.59 Å². The zero-order valence-corrected chi connectivity index (χ0v) is 15.6. The minimum atomic E-state index is -0.307. The third-order valence-corrected chi connectivity index (χ3v) is 3.44. The topological polar surface area (TPSA) is 79.5 Å². The number of rotatable bonds is 6. The second-order valence-electron chi connectivity index (χ2n) is 6.92. The van der Waals surface area contributed by atoms with Crippen LogP contribution in [-0.2, 0) is 4.79 Å². The van der Waals surface area contributed by atoms with Gasteiger partial charge in [0.2, 0.25) is 5.91 Å². The molecule has 138 valence electrons. The zero-order chi connectivity index (χ0) is 19.2. The predicted octanol–water partition coefficient (Wildman–Crippen LogP) is 3.27. The molecule has 0 unspecified atom stereocenters. The molecule has 0 radical (unpaired) electrons. The SMILES string of the molecule is COc1ccc(NC(=O)CNc2cccc(C(=O)NC(C)(C)C)c2)cc1. The number of hydrogen-bond acceptors (Lipinski definition) is 4. The van der Waals surface area contributed by atoms with Crippen LogP contribution in [0.2, 0.25) is 0 Å². The highest BCUT2D eigenvalue weighted by Gasteiger charge is 2.15. The minimum absolute atomic E-state index is 0.0936. The van der Waals surface area contributed by atoms with Gasteiger partial charge in [-0.25, -0.2) is 0 Å². The van der Waals surface area contributed by atoms with Gasteiger partial charge in [0.15, 0.2) is 0 Å². The first-order valence-corrected chi connectivity index (χ1v) is 8.37. The Hall–Kier alpha value is -3.02. The van der Waals surface area contributed by atoms with Crippen molar-refractivity contribution in [3.05, 3.63) is 54.1 Å². The lowest BCUT2D eigenvalue weighted by Crippen LogP contribution is -2.40. The Balaban J connectivity index is 1.91. The van der Waals surface area contributed by atoms with Gasteiger partial charge in [0.25, 0.3) is 5.91 Å². The minimum Gasteiger partial charge on any atom is -0.497 e. The van der Waals surface area contributed by atoms with Crippen molar-refractivity contribution in [3.63, 3.8) is 0 Å². The number of anilines is 2. The number of nitrogens with one attached hydrogen (secondary N) is 3. The van der Waals surface area contributed by atoms with Crippen molar-refractivity contribution >= 4 is 23.2 Å². The molecule has 0 saturated carbocycles. The molecule has 2 aromatic carbocycles. The van der Waals surface area contributed by atoms with Crippen molar-refractivity contribution in [2.24, 2.45) is 0 Å². The molecule has 0 atom stereocenters. The van der Waals surface area contributed by atoms with E-state index in [0.29, 0.717) is 16.9 Å². The van der Waals surface area contributed by atoms with E-state index in [-0.39, 0.29) is 23.9 Å². The Morgan fingerprint density at radius 2 is 1.69 bits per heavy atom. The lowest BCUT2D eigenvalue weighted by molar-refractivity contribution is -0.114. The van der Waals surface area contributed by atoms with Crippen LogP contribution in [0.15, 0.2) is 48.5 Å². The molecule has 2 rings (SSSR count). The highest BCUT2D eigenvalue weighted by Crippen LogP contribution is 2.15. The van der Waals surface area contributed by atoms with Crippen LogP contribution in [0, 0.1) is 0 Å². The maximum atomic E-state index is 12.2. The molecule has 0 aliphatic carbocycles. The van der Waals surface area contributed by atoms with Gasteiger partial charge in [-0.15, -0.1) is 0 Å². The van der Waals surface area contributed by atoms with Crippen LogP contribution in [0.25, 0.3) is 0 Å². The van der Waals surface area contributed by atoms with Crippen LogP contribution in [0.3, 0.4) is 0 Å². The summed E-state index contributed by atoms with van der Waals surface area (Å²) in [5.74, 6) is 0.398. The van der Waals surface area contributed by atoms with Gasteiger partial charge in [-0.2, -0.15) is 0 Å². The number of methoxy groups -OCH3 is 1. The van der Waals surface area contributed by atoms with E-state index >= 15 is 0 Å². The quantitative estimate of drug-likeness (QED) is 0.743. The summed E-state index contributed by atoms with van der Waals surface area (Å²) >= 11 is 0. The monoisotopic (exact) mass is 355 g/mol. The number of amides is 2. The molecule has 26 heavy (non-hydrogen) atoms. The molecular weight excluding hydrogens is 330 g/mol. The van der Waals surface area contributed by atoms with E-state index in [1.54, 1.807) is 49.6 Å². The second kappa shape index (κ2) is 8.38. The van der Waals surface area contributed by atoms with E-state index in [4.69, 9.17) is 4.74 Å². The summed E-state index contributed by atoms with van der Waals surface area (Å²) in [5.41, 5.74) is 1.63. The average molecular weight is 355 g/mol. The first-order valence-electron chi connectivity index (χ1n) is 8.37. The molecule has 2 aromatic rings. The summed E-state index contributed by atoms with van der Waals surface area (Å²) in [4.78, 5) is 24.3. The molecule has 3 N–H and O–H groups in total. The van der Waals surface area contributed by atoms with Gasteiger partial charge < -0.3 is 20.7 Å². The molecule has 0 aromatic heterocycles. The number of benzene rings is 2. The molecule has 6 nitrogen and oxygen atoms in total. The number of ether oxygens (including phenoxy) is 1. The Morgan fingerprint density at radius 3 is 2.31 bits per heavy atom. The largest absolute Gasteiger partial charge is 0.497 e. The van der Waals surface area contributed by atoms with Crippen molar-refractivity contribution in [1.82, 2.24) is 5.32 Å². The molecule has 0 bridgehead atoms. The third kappa shape index (κ3) is 6.12. The molecule has 0 aliphatic heterocycles. The lowest BCUT2D eigenvalue weighted by atomic mass is 10.1. The highest BCUT2D eigenvalue weighted by molar-refractivity contribution is 5.96. The summed E-state index contributed by atoms with van der Waals surface area (Å²) in [5, 5.41) is 8.74. The van der Waals surface area contributed by atoms with Gasteiger partial charge in [0, 0.05) is 22.5 Å². The van der Waals surface area contributed by atoms with Crippen molar-refractivity contribution in [2.45, 2.75) is 26.3 Å². The van der Waals surface area contributed by atoms with Crippen LogP contribution in [0.5, 0.6) is 5.75 Å². The molecule has 6 heteroatoms. The molecule has 2 amide bonds. The Labute approximate surface area is 153 Å². The highest BCUT2D eigenvalue weighted by atomic mass is 16.5. The second-order valence-corrected chi connectivity index (χ2v) is 6.92. The van der Waals surface area contributed by atoms with Gasteiger partial charge in [0.1, 0.15) is 5.75 Å². The van der Waals surface area contributed by atoms with Gasteiger partial charge in [-0.1, -0.05) is 6.07 Å². The van der Waals surface area contributed by atoms with Crippen molar-refractivity contribution in [3.8, 4) is 5.75 Å². The van der Waals surface area contributed by atoms with Crippen LogP contribution in [0.1, 0.15) is 31.1 Å². The molecule has 0 saturated heterocycles. The Morgan fingerprint density at radius 1 is 1.00 bits per heavy atom. The predicted molar refractivity (Wildman–Crippen MR) is 104 cm³/mol. The third-order valence-electron chi connectivity index (χ3n) is 3.44. The molecule has 0 spiro atoms. The molecule has 0 aliphatic rings. The number of hydrogen-bond donors (Lipinski definition) is 3. The normalized spacial score (nSPS) is 10.8. The van der Waals surface area contributed by atoms with E-state index in [2.05, 4.69) is 16.0 Å². The fourth-order valence-corrected chi connectivity index (χ4v) is 2.25. The van der Waals surface area contributed by atoms with Crippen molar-refractivity contribution < 1.29 is 14.3 Å². The van der Waals surface area contributed by atoms with Gasteiger partial charge >= 0.3 is 0 Å². The maximum absolute atomic E-state index is 12.2. The van der Waals surface area contributed by atoms with Gasteiger partial charge in [0.05, 0.1) is 13.7 Å². The van der Waals surface area contributed by atoms with Crippen LogP contribution in [-0.4, -0.2) is 31.0 Å². The van der Waals surface area contributed by atoms with E-state index in [1.165, 1.54) is 0 Å². The number of carbonyl (C=O) groups excluding carboxylic acids is 2. The Bertz CT molecular complexity index is 765. The van der Waals surface area contributed by atoms with Crippen molar-refractivity contribution in [2.75, 3.05) is 24.3 Å². The smallest absolute Gasteiger partial charge is 0.251 e. The summed E-state index contributed by atoms with van der Waals surface area (Å²) in [6, 6.07) is 14.2. The van der Waals surface area contributed by atoms with E-state index in [9.17, 15) is 9.59 Å². The van der Waals surface area contributed by atoms with Crippen molar-refractivity contribution in [1.29, 1.82) is 0 Å². The maximum Gasteiger partial charge on any atom is 0.251 e. The summed E-state index contributed by atoms with van der Waals surface area (Å²) in [6.07, 6.45) is 0. The summed E-state index contributed by atoms with van der Waals surface area (Å²) in [7, 11) is 1.59. The zero-order valence-electron chi connectivity index (χ0n) is 15.6. The first kappa shape index (κ1) is 19.3. The van der Waals surface area contributed by atoms with Crippen LogP contribution in [0.4, 0.5) is 11.4 Å². The van der Waals surface area contributed by atoms with Gasteiger partial charge in [-0.05, 0) is 63.2 Å². The molecular formula is C20H25N3O3. The molecule has 0 fully saturated rings. The number of carbonyl (C=O) groups is 2. The van der Waals surface area contributed by atoms with Crippen LogP contribution >= 0.6 is 0 Å². The average Bonchev–Trinajstić information content (AvgIpc) is 2.59. The van der Waals surface area contributed by atoms with E-state index in [1.807, 2.05) is 26.8 Å².